The Morgan fingerprint density at radius 3 is 2.24 bits per heavy atom. The van der Waals surface area contributed by atoms with E-state index in [1.54, 1.807) is 0 Å². The molecule has 5 rings (SSSR count). The zero-order valence-corrected chi connectivity index (χ0v) is 15.7. The Morgan fingerprint density at radius 1 is 0.720 bits per heavy atom. The van der Waals surface area contributed by atoms with Gasteiger partial charge in [-0.3, -0.25) is 0 Å². The van der Waals surface area contributed by atoms with E-state index in [4.69, 9.17) is 0 Å². The molecule has 0 saturated carbocycles. The fourth-order valence-electron chi connectivity index (χ4n) is 3.77. The standard InChI is InChI=1S/C23H17NSe/c1-24-20-13-7-5-12-18(20)22(23(24)16-9-3-2-4-10-16)19-15-25-21-14-8-6-11-17(19)21/h2-15H,1H3. The normalized spacial score (nSPS) is 11.4. The van der Waals surface area contributed by atoms with Crippen molar-refractivity contribution >= 4 is 35.1 Å². The third kappa shape index (κ3) is 2.22. The molecule has 0 spiro atoms. The predicted octanol–water partition coefficient (Wildman–Crippen LogP) is 5.72. The summed E-state index contributed by atoms with van der Waals surface area (Å²) in [6.45, 7) is 0. The predicted molar refractivity (Wildman–Crippen MR) is 108 cm³/mol. The molecule has 3 aromatic carbocycles. The van der Waals surface area contributed by atoms with E-state index in [0.717, 1.165) is 0 Å². The van der Waals surface area contributed by atoms with Gasteiger partial charge in [-0.1, -0.05) is 0 Å². The number of aryl methyl sites for hydroxylation is 1. The fourth-order valence-corrected chi connectivity index (χ4v) is 5.77. The zero-order chi connectivity index (χ0) is 16.8. The molecular weight excluding hydrogens is 369 g/mol. The molecule has 1 nitrogen and oxygen atoms in total. The van der Waals surface area contributed by atoms with E-state index < -0.39 is 0 Å². The Morgan fingerprint density at radius 2 is 1.40 bits per heavy atom. The van der Waals surface area contributed by atoms with Crippen LogP contribution < -0.4 is 0 Å². The summed E-state index contributed by atoms with van der Waals surface area (Å²) >= 11 is 0.414. The molecule has 0 aliphatic rings. The first-order valence-electron chi connectivity index (χ1n) is 8.44. The van der Waals surface area contributed by atoms with E-state index in [9.17, 15) is 0 Å². The first kappa shape index (κ1) is 14.8. The van der Waals surface area contributed by atoms with Gasteiger partial charge < -0.3 is 0 Å². The maximum absolute atomic E-state index is 2.45. The summed E-state index contributed by atoms with van der Waals surface area (Å²) in [5.41, 5.74) is 6.63. The summed E-state index contributed by atoms with van der Waals surface area (Å²) in [5.74, 6) is 0. The van der Waals surface area contributed by atoms with E-state index in [0.29, 0.717) is 14.5 Å². The number of hydrogen-bond acceptors (Lipinski definition) is 0. The van der Waals surface area contributed by atoms with Crippen LogP contribution in [-0.2, 0) is 7.05 Å². The molecule has 120 valence electrons. The summed E-state index contributed by atoms with van der Waals surface area (Å²) in [4.78, 5) is 2.45. The Labute approximate surface area is 152 Å². The number of nitrogens with zero attached hydrogens (tertiary/aromatic N) is 1. The summed E-state index contributed by atoms with van der Waals surface area (Å²) in [6, 6.07) is 28.3. The average Bonchev–Trinajstić information content (AvgIpc) is 3.22. The van der Waals surface area contributed by atoms with Crippen molar-refractivity contribution in [1.82, 2.24) is 4.57 Å². The molecule has 0 aliphatic carbocycles. The van der Waals surface area contributed by atoms with Crippen molar-refractivity contribution in [2.75, 3.05) is 0 Å². The Bertz CT molecular complexity index is 1190. The van der Waals surface area contributed by atoms with Crippen LogP contribution in [0.15, 0.2) is 83.8 Å². The van der Waals surface area contributed by atoms with Crippen molar-refractivity contribution < 1.29 is 0 Å². The molecule has 0 saturated heterocycles. The number of benzene rings is 3. The van der Waals surface area contributed by atoms with Gasteiger partial charge in [0.15, 0.2) is 0 Å². The zero-order valence-electron chi connectivity index (χ0n) is 13.9. The Kier molecular flexibility index (Phi) is 3.41. The topological polar surface area (TPSA) is 4.93 Å². The van der Waals surface area contributed by atoms with E-state index in [1.165, 1.54) is 42.9 Å². The monoisotopic (exact) mass is 387 g/mol. The SMILES string of the molecule is Cn1c(-c2ccccc2)c(-c2c[se]c3ccccc23)c2ccccc21. The van der Waals surface area contributed by atoms with Gasteiger partial charge >= 0.3 is 153 Å². The summed E-state index contributed by atoms with van der Waals surface area (Å²) in [6.07, 6.45) is 0. The molecule has 0 aliphatic heterocycles. The molecule has 2 heterocycles. The summed E-state index contributed by atoms with van der Waals surface area (Å²) < 4.78 is 3.83. The van der Waals surface area contributed by atoms with Crippen molar-refractivity contribution in [2.45, 2.75) is 0 Å². The van der Waals surface area contributed by atoms with Gasteiger partial charge in [-0.2, -0.15) is 0 Å². The minimum atomic E-state index is 0.414. The molecule has 0 fully saturated rings. The fraction of sp³-hybridized carbons (Fsp3) is 0.0435. The van der Waals surface area contributed by atoms with E-state index in [-0.39, 0.29) is 0 Å². The number of hydrogen-bond donors (Lipinski definition) is 0. The Balaban J connectivity index is 1.95. The van der Waals surface area contributed by atoms with Crippen LogP contribution in [0.25, 0.3) is 42.9 Å². The molecule has 2 heteroatoms. The van der Waals surface area contributed by atoms with Crippen LogP contribution in [0, 0.1) is 0 Å². The summed E-state index contributed by atoms with van der Waals surface area (Å²) in [7, 11) is 2.18. The second kappa shape index (κ2) is 5.77. The van der Waals surface area contributed by atoms with Crippen LogP contribution in [0.5, 0.6) is 0 Å². The number of para-hydroxylation sites is 1. The molecule has 5 aromatic rings. The van der Waals surface area contributed by atoms with Gasteiger partial charge in [0.25, 0.3) is 0 Å². The van der Waals surface area contributed by atoms with Crippen LogP contribution in [0.3, 0.4) is 0 Å². The molecule has 2 aromatic heterocycles. The summed E-state index contributed by atoms with van der Waals surface area (Å²) in [5, 5.41) is 2.73. The van der Waals surface area contributed by atoms with Gasteiger partial charge in [0, 0.05) is 0 Å². The van der Waals surface area contributed by atoms with E-state index in [1.807, 2.05) is 0 Å². The van der Waals surface area contributed by atoms with Crippen molar-refractivity contribution in [3.05, 3.63) is 83.8 Å². The van der Waals surface area contributed by atoms with Crippen LogP contribution in [0.2, 0.25) is 0 Å². The molecule has 0 radical (unpaired) electrons. The third-order valence-corrected chi connectivity index (χ3v) is 6.93. The minimum absolute atomic E-state index is 0.414. The van der Waals surface area contributed by atoms with Crippen molar-refractivity contribution in [3.63, 3.8) is 0 Å². The van der Waals surface area contributed by atoms with Gasteiger partial charge in [0.2, 0.25) is 0 Å². The van der Waals surface area contributed by atoms with Crippen molar-refractivity contribution in [2.24, 2.45) is 7.05 Å². The van der Waals surface area contributed by atoms with E-state index in [2.05, 4.69) is 95.4 Å². The molecule has 0 N–H and O–H groups in total. The van der Waals surface area contributed by atoms with Crippen LogP contribution >= 0.6 is 0 Å². The van der Waals surface area contributed by atoms with Gasteiger partial charge in [-0.05, 0) is 0 Å². The van der Waals surface area contributed by atoms with Crippen LogP contribution in [0.4, 0.5) is 0 Å². The molecule has 0 amide bonds. The average molecular weight is 386 g/mol. The Hall–Kier alpha value is -2.54. The first-order valence-corrected chi connectivity index (χ1v) is 10.3. The van der Waals surface area contributed by atoms with Gasteiger partial charge in [-0.15, -0.1) is 0 Å². The quantitative estimate of drug-likeness (QED) is 0.342. The van der Waals surface area contributed by atoms with Crippen LogP contribution in [-0.4, -0.2) is 19.1 Å². The van der Waals surface area contributed by atoms with Gasteiger partial charge in [0.05, 0.1) is 0 Å². The second-order valence-corrected chi connectivity index (χ2v) is 8.22. The van der Waals surface area contributed by atoms with Crippen LogP contribution in [0.1, 0.15) is 0 Å². The number of fused-ring (bicyclic) bond motifs is 2. The van der Waals surface area contributed by atoms with Crippen molar-refractivity contribution in [3.8, 4) is 22.4 Å². The molecular formula is C23H17NSe. The molecule has 25 heavy (non-hydrogen) atoms. The number of aromatic nitrogens is 1. The van der Waals surface area contributed by atoms with E-state index >= 15 is 0 Å². The van der Waals surface area contributed by atoms with Crippen molar-refractivity contribution in [1.29, 1.82) is 0 Å². The van der Waals surface area contributed by atoms with Gasteiger partial charge in [0.1, 0.15) is 0 Å². The van der Waals surface area contributed by atoms with Gasteiger partial charge in [-0.25, -0.2) is 0 Å². The molecule has 0 bridgehead atoms. The molecule has 0 unspecified atom stereocenters. The molecule has 0 atom stereocenters. The third-order valence-electron chi connectivity index (χ3n) is 4.90. The second-order valence-electron chi connectivity index (χ2n) is 6.31. The first-order chi connectivity index (χ1) is 12.3. The number of rotatable bonds is 2. The maximum atomic E-state index is 2.45.